The van der Waals surface area contributed by atoms with Crippen molar-refractivity contribution in [3.05, 3.63) is 59.7 Å². The molecule has 2 rings (SSSR count). The fraction of sp³-hybridized carbons (Fsp3) is 0.294. The summed E-state index contributed by atoms with van der Waals surface area (Å²) in [7, 11) is -1.50. The van der Waals surface area contributed by atoms with E-state index in [1.165, 1.54) is 10.4 Å². The van der Waals surface area contributed by atoms with Crippen molar-refractivity contribution in [1.82, 2.24) is 0 Å². The van der Waals surface area contributed by atoms with Gasteiger partial charge in [-0.05, 0) is 11.1 Å². The van der Waals surface area contributed by atoms with Crippen molar-refractivity contribution in [3.8, 4) is 0 Å². The molecule has 0 fully saturated rings. The highest BCUT2D eigenvalue weighted by molar-refractivity contribution is 6.71. The lowest BCUT2D eigenvalue weighted by Gasteiger charge is -2.14. The summed E-state index contributed by atoms with van der Waals surface area (Å²) in [6.45, 7) is 9.28. The second-order valence-electron chi connectivity index (χ2n) is 6.05. The maximum absolute atomic E-state index is 10.5. The lowest BCUT2D eigenvalue weighted by molar-refractivity contribution is 0.220. The Hall–Kier alpha value is -1.17. The van der Waals surface area contributed by atoms with Crippen LogP contribution in [0.3, 0.4) is 0 Å². The number of hydrogen-bond acceptors (Lipinski definition) is 1. The number of aliphatic hydroxyl groups is 1. The highest BCUT2D eigenvalue weighted by Gasteiger charge is 2.11. The van der Waals surface area contributed by atoms with Gasteiger partial charge in [-0.15, -0.1) is 0 Å². The van der Waals surface area contributed by atoms with Crippen molar-refractivity contribution in [1.29, 1.82) is 0 Å². The molecule has 0 saturated heterocycles. The molecule has 3 heteroatoms. The van der Waals surface area contributed by atoms with Crippen LogP contribution < -0.4 is 10.4 Å². The molecule has 106 valence electrons. The molecule has 0 atom stereocenters. The lowest BCUT2D eigenvalue weighted by Crippen LogP contribution is -2.23. The van der Waals surface area contributed by atoms with Crippen molar-refractivity contribution in [2.45, 2.75) is 32.3 Å². The molecule has 2 aromatic rings. The molecule has 1 N–H and O–H groups in total. The minimum absolute atomic E-state index is 0.513. The van der Waals surface area contributed by atoms with Gasteiger partial charge in [-0.2, -0.15) is 0 Å². The highest BCUT2D eigenvalue weighted by atomic mass is 28.3. The van der Waals surface area contributed by atoms with Crippen LogP contribution in [0, 0.1) is 0 Å². The molecule has 0 aromatic heterocycles. The first kappa shape index (κ1) is 15.2. The summed E-state index contributed by atoms with van der Waals surface area (Å²) in [5, 5.41) is 13.4. The fourth-order valence-electron chi connectivity index (χ4n) is 2.32. The van der Waals surface area contributed by atoms with Gasteiger partial charge in [0.05, 0.1) is 17.6 Å². The molecule has 0 spiro atoms. The zero-order valence-corrected chi connectivity index (χ0v) is 15.1. The maximum atomic E-state index is 10.5. The van der Waals surface area contributed by atoms with Crippen molar-refractivity contribution in [3.63, 3.8) is 0 Å². The summed E-state index contributed by atoms with van der Waals surface area (Å²) in [4.78, 5) is 0. The predicted molar refractivity (Wildman–Crippen MR) is 94.0 cm³/mol. The quantitative estimate of drug-likeness (QED) is 0.858. The van der Waals surface area contributed by atoms with Crippen LogP contribution in [-0.2, 0) is 0 Å². The zero-order chi connectivity index (χ0) is 14.7. The summed E-state index contributed by atoms with van der Waals surface area (Å²) in [6.07, 6.45) is -0.513. The van der Waals surface area contributed by atoms with Gasteiger partial charge in [0, 0.05) is 0 Å². The van der Waals surface area contributed by atoms with Crippen molar-refractivity contribution in [2.75, 3.05) is 0 Å². The van der Waals surface area contributed by atoms with E-state index in [0.29, 0.717) is 0 Å². The molecule has 20 heavy (non-hydrogen) atoms. The van der Waals surface area contributed by atoms with Crippen molar-refractivity contribution >= 4 is 28.0 Å². The van der Waals surface area contributed by atoms with E-state index in [1.807, 2.05) is 0 Å². The van der Waals surface area contributed by atoms with E-state index in [1.54, 1.807) is 0 Å². The van der Waals surface area contributed by atoms with Crippen LogP contribution in [0.5, 0.6) is 0 Å². The number of benzene rings is 2. The summed E-state index contributed by atoms with van der Waals surface area (Å²) in [5.74, 6) is 0. The summed E-state index contributed by atoms with van der Waals surface area (Å²) in [5.41, 5.74) is 1.97. The van der Waals surface area contributed by atoms with Gasteiger partial charge in [0.2, 0.25) is 0 Å². The molecule has 0 aliphatic rings. The van der Waals surface area contributed by atoms with Gasteiger partial charge >= 0.3 is 0 Å². The number of rotatable bonds is 4. The van der Waals surface area contributed by atoms with E-state index in [0.717, 1.165) is 11.1 Å². The molecule has 0 heterocycles. The number of aliphatic hydroxyl groups excluding tert-OH is 1. The molecule has 0 aliphatic carbocycles. The van der Waals surface area contributed by atoms with Crippen LogP contribution in [0.2, 0.25) is 26.2 Å². The Kier molecular flexibility index (Phi) is 4.97. The van der Waals surface area contributed by atoms with Crippen LogP contribution in [0.25, 0.3) is 0 Å². The molecule has 0 aliphatic heterocycles. The molecule has 1 nitrogen and oxygen atoms in total. The van der Waals surface area contributed by atoms with Gasteiger partial charge in [0.25, 0.3) is 0 Å². The van der Waals surface area contributed by atoms with Gasteiger partial charge in [0.15, 0.2) is 0 Å². The van der Waals surface area contributed by atoms with Gasteiger partial charge in [-0.3, -0.25) is 0 Å². The molecule has 0 amide bonds. The molecular weight excluding hydrogens is 276 g/mol. The molecule has 0 bridgehead atoms. The van der Waals surface area contributed by atoms with Crippen LogP contribution in [0.1, 0.15) is 17.2 Å². The first-order valence-electron chi connectivity index (χ1n) is 7.37. The standard InChI is InChI=1S/C17H24OSi2/c1-19(2)15-9-5-13(6-10-15)17(18)14-7-11-16(12-8-14)20(3)4/h5-12,17-20H,1-4H3. The smallest absolute Gasteiger partial charge is 0.104 e. The Labute approximate surface area is 125 Å². The van der Waals surface area contributed by atoms with Gasteiger partial charge < -0.3 is 5.11 Å². The minimum atomic E-state index is -0.750. The minimum Gasteiger partial charge on any atom is -0.384 e. The van der Waals surface area contributed by atoms with Gasteiger partial charge in [-0.1, -0.05) is 85.1 Å². The lowest BCUT2D eigenvalue weighted by atomic mass is 10.0. The van der Waals surface area contributed by atoms with Crippen LogP contribution in [0.15, 0.2) is 48.5 Å². The van der Waals surface area contributed by atoms with Gasteiger partial charge in [0.1, 0.15) is 6.10 Å². The summed E-state index contributed by atoms with van der Waals surface area (Å²) < 4.78 is 0. The first-order chi connectivity index (χ1) is 9.49. The van der Waals surface area contributed by atoms with E-state index < -0.39 is 23.7 Å². The van der Waals surface area contributed by atoms with Crippen LogP contribution in [-0.4, -0.2) is 22.7 Å². The average Bonchev–Trinajstić information content (AvgIpc) is 2.46. The molecule has 0 unspecified atom stereocenters. The van der Waals surface area contributed by atoms with Crippen LogP contribution in [0.4, 0.5) is 0 Å². The van der Waals surface area contributed by atoms with E-state index >= 15 is 0 Å². The Bertz CT molecular complexity index is 493. The normalized spacial score (nSPS) is 11.6. The summed E-state index contributed by atoms with van der Waals surface area (Å²) in [6, 6.07) is 17.0. The van der Waals surface area contributed by atoms with Crippen molar-refractivity contribution < 1.29 is 5.11 Å². The third-order valence-corrected chi connectivity index (χ3v) is 7.27. The van der Waals surface area contributed by atoms with E-state index in [-0.39, 0.29) is 0 Å². The zero-order valence-electron chi connectivity index (χ0n) is 12.8. The molecule has 0 saturated carbocycles. The van der Waals surface area contributed by atoms with Gasteiger partial charge in [-0.25, -0.2) is 0 Å². The van der Waals surface area contributed by atoms with E-state index in [9.17, 15) is 5.11 Å². The second kappa shape index (κ2) is 6.52. The van der Waals surface area contributed by atoms with Crippen molar-refractivity contribution in [2.24, 2.45) is 0 Å². The third kappa shape index (κ3) is 3.48. The Morgan fingerprint density at radius 1 is 0.650 bits per heavy atom. The summed E-state index contributed by atoms with van der Waals surface area (Å²) >= 11 is 0. The third-order valence-electron chi connectivity index (χ3n) is 3.84. The molecular formula is C17H24OSi2. The number of hydrogen-bond donors (Lipinski definition) is 1. The highest BCUT2D eigenvalue weighted by Crippen LogP contribution is 2.20. The Morgan fingerprint density at radius 2 is 0.950 bits per heavy atom. The maximum Gasteiger partial charge on any atom is 0.104 e. The fourth-order valence-corrected chi connectivity index (χ4v) is 4.24. The largest absolute Gasteiger partial charge is 0.384 e. The average molecular weight is 301 g/mol. The van der Waals surface area contributed by atoms with Crippen LogP contribution >= 0.6 is 0 Å². The van der Waals surface area contributed by atoms with E-state index in [4.69, 9.17) is 0 Å². The first-order valence-corrected chi connectivity index (χ1v) is 13.1. The Balaban J connectivity index is 2.19. The predicted octanol–water partition coefficient (Wildman–Crippen LogP) is 2.16. The van der Waals surface area contributed by atoms with E-state index in [2.05, 4.69) is 74.7 Å². The monoisotopic (exact) mass is 300 g/mol. The SMILES string of the molecule is C[SiH](C)c1ccc(C(O)c2ccc([SiH](C)C)cc2)cc1. The molecule has 2 aromatic carbocycles. The molecule has 0 radical (unpaired) electrons. The second-order valence-corrected chi connectivity index (χ2v) is 12.0. The Morgan fingerprint density at radius 3 is 1.20 bits per heavy atom. The topological polar surface area (TPSA) is 20.2 Å².